The highest BCUT2D eigenvalue weighted by Gasteiger charge is 2.07. The summed E-state index contributed by atoms with van der Waals surface area (Å²) in [4.78, 5) is 23.7. The lowest BCUT2D eigenvalue weighted by Gasteiger charge is -2.11. The van der Waals surface area contributed by atoms with Crippen molar-refractivity contribution in [3.05, 3.63) is 63.6 Å². The first-order chi connectivity index (χ1) is 12.0. The van der Waals surface area contributed by atoms with E-state index in [-0.39, 0.29) is 18.4 Å². The van der Waals surface area contributed by atoms with Crippen LogP contribution in [0.15, 0.2) is 46.9 Å². The van der Waals surface area contributed by atoms with Crippen molar-refractivity contribution >= 4 is 27.7 Å². The van der Waals surface area contributed by atoms with Crippen LogP contribution in [-0.4, -0.2) is 31.5 Å². The molecule has 2 amide bonds. The van der Waals surface area contributed by atoms with Crippen molar-refractivity contribution in [2.24, 2.45) is 0 Å². The van der Waals surface area contributed by atoms with Crippen LogP contribution in [0.1, 0.15) is 21.5 Å². The predicted molar refractivity (Wildman–Crippen MR) is 101 cm³/mol. The van der Waals surface area contributed by atoms with E-state index < -0.39 is 0 Å². The molecule has 25 heavy (non-hydrogen) atoms. The molecule has 0 spiro atoms. The van der Waals surface area contributed by atoms with Gasteiger partial charge in [0.1, 0.15) is 12.4 Å². The van der Waals surface area contributed by atoms with E-state index in [1.165, 1.54) is 5.56 Å². The third-order valence-electron chi connectivity index (χ3n) is 3.53. The molecular weight excluding hydrogens is 384 g/mol. The molecule has 5 nitrogen and oxygen atoms in total. The maximum absolute atomic E-state index is 11.9. The van der Waals surface area contributed by atoms with E-state index >= 15 is 0 Å². The summed E-state index contributed by atoms with van der Waals surface area (Å²) in [6.45, 7) is 4.69. The van der Waals surface area contributed by atoms with Crippen LogP contribution in [0.3, 0.4) is 0 Å². The van der Waals surface area contributed by atoms with Crippen molar-refractivity contribution < 1.29 is 14.3 Å². The summed E-state index contributed by atoms with van der Waals surface area (Å²) in [5, 5.41) is 5.30. The molecule has 2 aromatic rings. The Kier molecular flexibility index (Phi) is 7.01. The maximum atomic E-state index is 11.9. The molecule has 132 valence electrons. The number of nitrogens with one attached hydrogen (secondary N) is 2. The molecule has 2 rings (SSSR count). The first-order valence-corrected chi connectivity index (χ1v) is 8.75. The summed E-state index contributed by atoms with van der Waals surface area (Å²) in [7, 11) is 0. The van der Waals surface area contributed by atoms with Gasteiger partial charge in [-0.05, 0) is 49.7 Å². The van der Waals surface area contributed by atoms with Gasteiger partial charge in [0.05, 0.1) is 13.1 Å². The number of halogens is 1. The first-order valence-electron chi connectivity index (χ1n) is 7.96. The minimum absolute atomic E-state index is 0.0710. The lowest BCUT2D eigenvalue weighted by Crippen LogP contribution is -2.38. The summed E-state index contributed by atoms with van der Waals surface area (Å²) in [5.74, 6) is 0.271. The molecule has 0 bridgehead atoms. The molecule has 0 unspecified atom stereocenters. The second-order valence-electron chi connectivity index (χ2n) is 5.66. The Hall–Kier alpha value is -2.34. The fourth-order valence-electron chi connectivity index (χ4n) is 2.24. The highest BCUT2D eigenvalue weighted by Crippen LogP contribution is 2.18. The van der Waals surface area contributed by atoms with E-state index in [0.29, 0.717) is 18.7 Å². The number of carbonyl (C=O) groups is 2. The molecule has 0 aliphatic heterocycles. The molecule has 0 atom stereocenters. The fourth-order valence-corrected chi connectivity index (χ4v) is 2.50. The molecule has 6 heteroatoms. The highest BCUT2D eigenvalue weighted by molar-refractivity contribution is 9.10. The van der Waals surface area contributed by atoms with Crippen LogP contribution >= 0.6 is 15.9 Å². The summed E-state index contributed by atoms with van der Waals surface area (Å²) in [6, 6.07) is 12.9. The van der Waals surface area contributed by atoms with E-state index in [2.05, 4.69) is 26.6 Å². The number of hydrogen-bond acceptors (Lipinski definition) is 3. The van der Waals surface area contributed by atoms with Crippen molar-refractivity contribution in [2.75, 3.05) is 19.7 Å². The van der Waals surface area contributed by atoms with Crippen molar-refractivity contribution in [3.63, 3.8) is 0 Å². The Balaban J connectivity index is 1.67. The zero-order chi connectivity index (χ0) is 18.2. The molecule has 0 aliphatic rings. The smallest absolute Gasteiger partial charge is 0.251 e. The molecule has 0 radical (unpaired) electrons. The summed E-state index contributed by atoms with van der Waals surface area (Å²) < 4.78 is 6.54. The van der Waals surface area contributed by atoms with Crippen LogP contribution in [0.5, 0.6) is 5.75 Å². The molecule has 0 fully saturated rings. The number of ether oxygens (including phenoxy) is 1. The normalized spacial score (nSPS) is 10.2. The third-order valence-corrected chi connectivity index (χ3v) is 4.06. The van der Waals surface area contributed by atoms with Gasteiger partial charge >= 0.3 is 0 Å². The van der Waals surface area contributed by atoms with E-state index in [9.17, 15) is 9.59 Å². The van der Waals surface area contributed by atoms with Crippen LogP contribution in [0, 0.1) is 13.8 Å². The van der Waals surface area contributed by atoms with Gasteiger partial charge in [-0.2, -0.15) is 0 Å². The quantitative estimate of drug-likeness (QED) is 0.696. The lowest BCUT2D eigenvalue weighted by atomic mass is 10.1. The summed E-state index contributed by atoms with van der Waals surface area (Å²) >= 11 is 3.31. The van der Waals surface area contributed by atoms with E-state index in [0.717, 1.165) is 15.8 Å². The number of hydrogen-bond donors (Lipinski definition) is 2. The largest absolute Gasteiger partial charge is 0.491 e. The van der Waals surface area contributed by atoms with Crippen LogP contribution < -0.4 is 15.4 Å². The summed E-state index contributed by atoms with van der Waals surface area (Å²) in [5.41, 5.74) is 2.75. The Bertz CT molecular complexity index is 745. The van der Waals surface area contributed by atoms with Crippen LogP contribution in [0.2, 0.25) is 0 Å². The molecule has 0 aromatic heterocycles. The summed E-state index contributed by atoms with van der Waals surface area (Å²) in [6.07, 6.45) is 0. The van der Waals surface area contributed by atoms with Crippen molar-refractivity contribution in [3.8, 4) is 5.75 Å². The number of rotatable bonds is 7. The van der Waals surface area contributed by atoms with Crippen LogP contribution in [0.4, 0.5) is 0 Å². The van der Waals surface area contributed by atoms with Crippen molar-refractivity contribution in [1.29, 1.82) is 0 Å². The standard InChI is InChI=1S/C19H21BrN2O3/c1-13-3-8-17(14(2)11-13)25-10-9-21-18(23)12-22-19(24)15-4-6-16(20)7-5-15/h3-8,11H,9-10,12H2,1-2H3,(H,21,23)(H,22,24). The average molecular weight is 405 g/mol. The number of amides is 2. The average Bonchev–Trinajstić information content (AvgIpc) is 2.58. The van der Waals surface area contributed by atoms with Crippen LogP contribution in [-0.2, 0) is 4.79 Å². The second kappa shape index (κ2) is 9.22. The van der Waals surface area contributed by atoms with Crippen LogP contribution in [0.25, 0.3) is 0 Å². The number of aryl methyl sites for hydroxylation is 2. The van der Waals surface area contributed by atoms with Crippen molar-refractivity contribution in [1.82, 2.24) is 10.6 Å². The van der Waals surface area contributed by atoms with Gasteiger partial charge in [-0.3, -0.25) is 9.59 Å². The highest BCUT2D eigenvalue weighted by atomic mass is 79.9. The predicted octanol–water partition coefficient (Wildman–Crippen LogP) is 2.99. The zero-order valence-corrected chi connectivity index (χ0v) is 15.9. The van der Waals surface area contributed by atoms with Gasteiger partial charge in [-0.25, -0.2) is 0 Å². The molecule has 0 saturated heterocycles. The lowest BCUT2D eigenvalue weighted by molar-refractivity contribution is -0.120. The topological polar surface area (TPSA) is 67.4 Å². The van der Waals surface area contributed by atoms with Gasteiger partial charge in [0, 0.05) is 10.0 Å². The van der Waals surface area contributed by atoms with Gasteiger partial charge < -0.3 is 15.4 Å². The van der Waals surface area contributed by atoms with Gasteiger partial charge in [0.25, 0.3) is 5.91 Å². The molecule has 0 saturated carbocycles. The van der Waals surface area contributed by atoms with E-state index in [1.54, 1.807) is 24.3 Å². The van der Waals surface area contributed by atoms with E-state index in [4.69, 9.17) is 4.74 Å². The Morgan fingerprint density at radius 1 is 1.04 bits per heavy atom. The fraction of sp³-hybridized carbons (Fsp3) is 0.263. The molecule has 0 aliphatic carbocycles. The Morgan fingerprint density at radius 2 is 1.76 bits per heavy atom. The second-order valence-corrected chi connectivity index (χ2v) is 6.57. The van der Waals surface area contributed by atoms with Gasteiger partial charge in [0.2, 0.25) is 5.91 Å². The molecule has 2 aromatic carbocycles. The third kappa shape index (κ3) is 6.23. The SMILES string of the molecule is Cc1ccc(OCCNC(=O)CNC(=O)c2ccc(Br)cc2)c(C)c1. The molecule has 2 N–H and O–H groups in total. The monoisotopic (exact) mass is 404 g/mol. The molecule has 0 heterocycles. The number of benzene rings is 2. The Labute approximate surface area is 155 Å². The molecular formula is C19H21BrN2O3. The minimum Gasteiger partial charge on any atom is -0.491 e. The van der Waals surface area contributed by atoms with Crippen molar-refractivity contribution in [2.45, 2.75) is 13.8 Å². The van der Waals surface area contributed by atoms with E-state index in [1.807, 2.05) is 32.0 Å². The zero-order valence-electron chi connectivity index (χ0n) is 14.3. The van der Waals surface area contributed by atoms with Gasteiger partial charge in [-0.1, -0.05) is 33.6 Å². The Morgan fingerprint density at radius 3 is 2.44 bits per heavy atom. The van der Waals surface area contributed by atoms with Gasteiger partial charge in [0.15, 0.2) is 0 Å². The first kappa shape index (κ1) is 19.0. The maximum Gasteiger partial charge on any atom is 0.251 e. The number of carbonyl (C=O) groups excluding carboxylic acids is 2. The van der Waals surface area contributed by atoms with Gasteiger partial charge in [-0.15, -0.1) is 0 Å². The minimum atomic E-state index is -0.283.